The van der Waals surface area contributed by atoms with Crippen molar-refractivity contribution in [1.29, 1.82) is 0 Å². The predicted octanol–water partition coefficient (Wildman–Crippen LogP) is 2.45. The number of carbonyl (C=O) groups excluding carboxylic acids is 1. The Hall–Kier alpha value is -2.08. The Labute approximate surface area is 161 Å². The SMILES string of the molecule is CCCn1c(=O)n(CCC(=O)N2CCC(CCNC)CC2)c2ccccc21. The molecule has 1 N–H and O–H groups in total. The van der Waals surface area contributed by atoms with Crippen molar-refractivity contribution >= 4 is 16.9 Å². The maximum atomic E-state index is 12.8. The maximum Gasteiger partial charge on any atom is 0.329 e. The summed E-state index contributed by atoms with van der Waals surface area (Å²) in [6.07, 6.45) is 4.66. The van der Waals surface area contributed by atoms with Gasteiger partial charge >= 0.3 is 5.69 Å². The molecule has 2 heterocycles. The monoisotopic (exact) mass is 372 g/mol. The van der Waals surface area contributed by atoms with Crippen molar-refractivity contribution in [1.82, 2.24) is 19.4 Å². The predicted molar refractivity (Wildman–Crippen MR) is 109 cm³/mol. The molecule has 1 aromatic heterocycles. The third kappa shape index (κ3) is 4.43. The summed E-state index contributed by atoms with van der Waals surface area (Å²) < 4.78 is 3.59. The van der Waals surface area contributed by atoms with Gasteiger partial charge in [-0.3, -0.25) is 13.9 Å². The number of nitrogens with one attached hydrogen (secondary N) is 1. The van der Waals surface area contributed by atoms with Crippen LogP contribution in [0.5, 0.6) is 0 Å². The van der Waals surface area contributed by atoms with Gasteiger partial charge < -0.3 is 10.2 Å². The molecule has 1 aromatic carbocycles. The van der Waals surface area contributed by atoms with E-state index in [0.29, 0.717) is 19.5 Å². The highest BCUT2D eigenvalue weighted by molar-refractivity contribution is 5.78. The molecule has 2 aromatic rings. The van der Waals surface area contributed by atoms with Gasteiger partial charge in [0.05, 0.1) is 11.0 Å². The van der Waals surface area contributed by atoms with Crippen molar-refractivity contribution in [3.8, 4) is 0 Å². The molecule has 3 rings (SSSR count). The van der Waals surface area contributed by atoms with Crippen LogP contribution in [0.3, 0.4) is 0 Å². The van der Waals surface area contributed by atoms with E-state index in [4.69, 9.17) is 0 Å². The summed E-state index contributed by atoms with van der Waals surface area (Å²) in [7, 11) is 1.98. The fraction of sp³-hybridized carbons (Fsp3) is 0.619. The summed E-state index contributed by atoms with van der Waals surface area (Å²) in [5, 5.41) is 3.20. The van der Waals surface area contributed by atoms with Gasteiger partial charge in [-0.2, -0.15) is 0 Å². The van der Waals surface area contributed by atoms with Gasteiger partial charge in [0, 0.05) is 32.6 Å². The summed E-state index contributed by atoms with van der Waals surface area (Å²) >= 11 is 0. The molecule has 1 fully saturated rings. The first-order valence-corrected chi connectivity index (χ1v) is 10.3. The molecule has 0 aliphatic carbocycles. The first kappa shape index (κ1) is 19.7. The minimum Gasteiger partial charge on any atom is -0.343 e. The fourth-order valence-electron chi connectivity index (χ4n) is 4.11. The zero-order chi connectivity index (χ0) is 19.2. The Morgan fingerprint density at radius 3 is 2.33 bits per heavy atom. The molecule has 0 unspecified atom stereocenters. The van der Waals surface area contributed by atoms with E-state index in [0.717, 1.165) is 55.8 Å². The molecule has 0 bridgehead atoms. The number of rotatable bonds is 8. The van der Waals surface area contributed by atoms with Crippen LogP contribution in [0.4, 0.5) is 0 Å². The molecule has 148 valence electrons. The van der Waals surface area contributed by atoms with Gasteiger partial charge in [-0.05, 0) is 57.3 Å². The van der Waals surface area contributed by atoms with E-state index in [1.54, 1.807) is 4.57 Å². The van der Waals surface area contributed by atoms with Gasteiger partial charge in [-0.25, -0.2) is 4.79 Å². The van der Waals surface area contributed by atoms with E-state index in [2.05, 4.69) is 12.2 Å². The summed E-state index contributed by atoms with van der Waals surface area (Å²) in [5.74, 6) is 0.887. The zero-order valence-electron chi connectivity index (χ0n) is 16.6. The number of nitrogens with zero attached hydrogens (tertiary/aromatic N) is 3. The van der Waals surface area contributed by atoms with Crippen molar-refractivity contribution < 1.29 is 4.79 Å². The van der Waals surface area contributed by atoms with Crippen LogP contribution in [-0.2, 0) is 17.9 Å². The molecule has 0 radical (unpaired) electrons. The first-order chi connectivity index (χ1) is 13.2. The number of likely N-dealkylation sites (tertiary alicyclic amines) is 1. The second-order valence-electron chi connectivity index (χ2n) is 7.54. The Bertz CT molecular complexity index is 815. The number of amides is 1. The van der Waals surface area contributed by atoms with E-state index < -0.39 is 0 Å². The lowest BCUT2D eigenvalue weighted by molar-refractivity contribution is -0.132. The van der Waals surface area contributed by atoms with Crippen molar-refractivity contribution in [3.05, 3.63) is 34.7 Å². The van der Waals surface area contributed by atoms with Crippen LogP contribution in [0.2, 0.25) is 0 Å². The fourth-order valence-corrected chi connectivity index (χ4v) is 4.11. The Morgan fingerprint density at radius 2 is 1.74 bits per heavy atom. The van der Waals surface area contributed by atoms with Gasteiger partial charge in [0.1, 0.15) is 0 Å². The van der Waals surface area contributed by atoms with Gasteiger partial charge in [-0.1, -0.05) is 19.1 Å². The van der Waals surface area contributed by atoms with Crippen molar-refractivity contribution in [3.63, 3.8) is 0 Å². The van der Waals surface area contributed by atoms with E-state index in [1.807, 2.05) is 40.8 Å². The lowest BCUT2D eigenvalue weighted by Crippen LogP contribution is -2.39. The number of aromatic nitrogens is 2. The quantitative estimate of drug-likeness (QED) is 0.774. The molecular formula is C21H32N4O2. The Morgan fingerprint density at radius 1 is 1.11 bits per heavy atom. The number of carbonyl (C=O) groups is 1. The van der Waals surface area contributed by atoms with Crippen molar-refractivity contribution in [2.45, 2.75) is 52.1 Å². The molecule has 6 nitrogen and oxygen atoms in total. The molecule has 0 atom stereocenters. The number of piperidine rings is 1. The largest absolute Gasteiger partial charge is 0.343 e. The highest BCUT2D eigenvalue weighted by atomic mass is 16.2. The molecule has 1 amide bonds. The number of fused-ring (bicyclic) bond motifs is 1. The van der Waals surface area contributed by atoms with E-state index in [1.165, 1.54) is 6.42 Å². The van der Waals surface area contributed by atoms with Crippen LogP contribution in [0, 0.1) is 5.92 Å². The number of hydrogen-bond acceptors (Lipinski definition) is 3. The van der Waals surface area contributed by atoms with Crippen LogP contribution in [0.25, 0.3) is 11.0 Å². The normalized spacial score (nSPS) is 15.6. The zero-order valence-corrected chi connectivity index (χ0v) is 16.6. The van der Waals surface area contributed by atoms with Crippen molar-refractivity contribution in [2.24, 2.45) is 5.92 Å². The maximum absolute atomic E-state index is 12.8. The van der Waals surface area contributed by atoms with Crippen LogP contribution in [0.15, 0.2) is 29.1 Å². The number of aryl methyl sites for hydroxylation is 2. The second-order valence-corrected chi connectivity index (χ2v) is 7.54. The minimum absolute atomic E-state index is 0.00313. The third-order valence-corrected chi connectivity index (χ3v) is 5.69. The molecule has 1 aliphatic rings. The molecule has 1 aliphatic heterocycles. The lowest BCUT2D eigenvalue weighted by Gasteiger charge is -2.32. The van der Waals surface area contributed by atoms with Crippen molar-refractivity contribution in [2.75, 3.05) is 26.7 Å². The summed E-state index contributed by atoms with van der Waals surface area (Å²) in [6.45, 7) is 5.97. The van der Waals surface area contributed by atoms with Crippen LogP contribution >= 0.6 is 0 Å². The summed E-state index contributed by atoms with van der Waals surface area (Å²) in [5.41, 5.74) is 1.88. The minimum atomic E-state index is -0.00313. The van der Waals surface area contributed by atoms with Gasteiger partial charge in [0.15, 0.2) is 0 Å². The molecule has 1 saturated heterocycles. The van der Waals surface area contributed by atoms with E-state index in [9.17, 15) is 9.59 Å². The summed E-state index contributed by atoms with van der Waals surface area (Å²) in [6, 6.07) is 7.87. The highest BCUT2D eigenvalue weighted by Gasteiger charge is 2.22. The Balaban J connectivity index is 1.63. The third-order valence-electron chi connectivity index (χ3n) is 5.69. The van der Waals surface area contributed by atoms with Crippen LogP contribution in [0.1, 0.15) is 39.0 Å². The number of imidazole rings is 1. The lowest BCUT2D eigenvalue weighted by atomic mass is 9.93. The Kier molecular flexibility index (Phi) is 6.72. The molecular weight excluding hydrogens is 340 g/mol. The van der Waals surface area contributed by atoms with E-state index >= 15 is 0 Å². The average Bonchev–Trinajstić information content (AvgIpc) is 2.96. The van der Waals surface area contributed by atoms with Gasteiger partial charge in [-0.15, -0.1) is 0 Å². The number of hydrogen-bond donors (Lipinski definition) is 1. The van der Waals surface area contributed by atoms with Gasteiger partial charge in [0.2, 0.25) is 5.91 Å². The number of benzene rings is 1. The molecule has 0 spiro atoms. The topological polar surface area (TPSA) is 59.3 Å². The molecule has 27 heavy (non-hydrogen) atoms. The molecule has 6 heteroatoms. The van der Waals surface area contributed by atoms with Gasteiger partial charge in [0.25, 0.3) is 0 Å². The molecule has 0 saturated carbocycles. The van der Waals surface area contributed by atoms with E-state index in [-0.39, 0.29) is 11.6 Å². The second kappa shape index (κ2) is 9.22. The smallest absolute Gasteiger partial charge is 0.329 e. The standard InChI is InChI=1S/C21H32N4O2/c1-3-13-24-18-6-4-5-7-19(18)25(21(24)27)16-11-20(26)23-14-9-17(10-15-23)8-12-22-2/h4-7,17,22H,3,8-16H2,1-2H3. The number of para-hydroxylation sites is 2. The highest BCUT2D eigenvalue weighted by Crippen LogP contribution is 2.21. The van der Waals surface area contributed by atoms with Crippen LogP contribution in [-0.4, -0.2) is 46.6 Å². The van der Waals surface area contributed by atoms with Crippen LogP contribution < -0.4 is 11.0 Å². The summed E-state index contributed by atoms with van der Waals surface area (Å²) in [4.78, 5) is 27.4. The average molecular weight is 373 g/mol. The first-order valence-electron chi connectivity index (χ1n) is 10.3.